The standard InChI is InChI=1S/C16H9ClN2O5S/c17-11-5-7(1-3-9(11)15(22)23)12-4-2-8(24-12)6-10-13(20)18-16(25)19-14(10)21/h1-6H,(H,22,23)(H2,18,19,20,21,25). The summed E-state index contributed by atoms with van der Waals surface area (Å²) >= 11 is 10.7. The van der Waals surface area contributed by atoms with Crippen LogP contribution in [0.4, 0.5) is 0 Å². The minimum atomic E-state index is -1.13. The first-order chi connectivity index (χ1) is 11.8. The maximum Gasteiger partial charge on any atom is 0.337 e. The second kappa shape index (κ2) is 6.50. The Balaban J connectivity index is 1.90. The van der Waals surface area contributed by atoms with Crippen LogP contribution in [0.1, 0.15) is 16.1 Å². The number of carbonyl (C=O) groups excluding carboxylic acids is 2. The molecule has 1 aromatic heterocycles. The van der Waals surface area contributed by atoms with Gasteiger partial charge in [0, 0.05) is 5.56 Å². The molecule has 0 radical (unpaired) electrons. The molecule has 7 nitrogen and oxygen atoms in total. The topological polar surface area (TPSA) is 109 Å². The van der Waals surface area contributed by atoms with Crippen LogP contribution in [0.3, 0.4) is 0 Å². The molecule has 0 unspecified atom stereocenters. The molecule has 1 saturated heterocycles. The van der Waals surface area contributed by atoms with Gasteiger partial charge in [-0.05, 0) is 42.6 Å². The fraction of sp³-hybridized carbons (Fsp3) is 0. The Morgan fingerprint density at radius 3 is 2.44 bits per heavy atom. The molecule has 1 aliphatic rings. The minimum Gasteiger partial charge on any atom is -0.478 e. The summed E-state index contributed by atoms with van der Waals surface area (Å²) < 4.78 is 5.58. The van der Waals surface area contributed by atoms with E-state index in [1.165, 1.54) is 18.2 Å². The Hall–Kier alpha value is -2.97. The first kappa shape index (κ1) is 16.9. The van der Waals surface area contributed by atoms with Crippen molar-refractivity contribution in [3.63, 3.8) is 0 Å². The normalized spacial score (nSPS) is 14.1. The smallest absolute Gasteiger partial charge is 0.337 e. The Bertz CT molecular complexity index is 941. The molecule has 2 amide bonds. The van der Waals surface area contributed by atoms with E-state index in [0.717, 1.165) is 0 Å². The average Bonchev–Trinajstić information content (AvgIpc) is 2.99. The SMILES string of the molecule is O=C1NC(=S)NC(=O)C1=Cc1ccc(-c2ccc(C(=O)O)c(Cl)c2)o1. The van der Waals surface area contributed by atoms with Gasteiger partial charge in [-0.2, -0.15) is 0 Å². The third-order valence-corrected chi connectivity index (χ3v) is 3.86. The molecule has 3 rings (SSSR count). The molecule has 126 valence electrons. The number of carboxylic acid groups (broad SMARTS) is 1. The highest BCUT2D eigenvalue weighted by Crippen LogP contribution is 2.28. The van der Waals surface area contributed by atoms with Gasteiger partial charge in [0.15, 0.2) is 5.11 Å². The second-order valence-corrected chi connectivity index (χ2v) is 5.81. The lowest BCUT2D eigenvalue weighted by atomic mass is 10.1. The molecular weight excluding hydrogens is 368 g/mol. The zero-order chi connectivity index (χ0) is 18.1. The van der Waals surface area contributed by atoms with Gasteiger partial charge in [0.1, 0.15) is 17.1 Å². The highest BCUT2D eigenvalue weighted by molar-refractivity contribution is 7.80. The zero-order valence-corrected chi connectivity index (χ0v) is 13.9. The molecule has 0 aliphatic carbocycles. The molecular formula is C16H9ClN2O5S. The number of amides is 2. The van der Waals surface area contributed by atoms with E-state index in [1.54, 1.807) is 18.2 Å². The lowest BCUT2D eigenvalue weighted by molar-refractivity contribution is -0.123. The van der Waals surface area contributed by atoms with E-state index in [0.29, 0.717) is 11.3 Å². The summed E-state index contributed by atoms with van der Waals surface area (Å²) in [6.45, 7) is 0. The maximum absolute atomic E-state index is 11.8. The number of thiocarbonyl (C=S) groups is 1. The van der Waals surface area contributed by atoms with Gasteiger partial charge in [-0.1, -0.05) is 17.7 Å². The molecule has 9 heteroatoms. The molecule has 0 atom stereocenters. The summed E-state index contributed by atoms with van der Waals surface area (Å²) in [6.07, 6.45) is 1.28. The lowest BCUT2D eigenvalue weighted by Gasteiger charge is -2.15. The van der Waals surface area contributed by atoms with Crippen molar-refractivity contribution in [1.29, 1.82) is 0 Å². The van der Waals surface area contributed by atoms with Crippen molar-refractivity contribution in [2.75, 3.05) is 0 Å². The molecule has 1 aliphatic heterocycles. The Labute approximate surface area is 151 Å². The predicted molar refractivity (Wildman–Crippen MR) is 93.0 cm³/mol. The molecule has 1 fully saturated rings. The molecule has 0 spiro atoms. The monoisotopic (exact) mass is 376 g/mol. The van der Waals surface area contributed by atoms with Crippen molar-refractivity contribution in [3.05, 3.63) is 52.3 Å². The fourth-order valence-corrected chi connectivity index (χ4v) is 2.62. The predicted octanol–water partition coefficient (Wildman–Crippen LogP) is 2.21. The fourth-order valence-electron chi connectivity index (χ4n) is 2.18. The van der Waals surface area contributed by atoms with Crippen LogP contribution in [0.2, 0.25) is 5.02 Å². The van der Waals surface area contributed by atoms with E-state index in [2.05, 4.69) is 10.6 Å². The summed E-state index contributed by atoms with van der Waals surface area (Å²) in [5.74, 6) is -1.71. The van der Waals surface area contributed by atoms with E-state index in [1.807, 2.05) is 0 Å². The third-order valence-electron chi connectivity index (χ3n) is 3.34. The van der Waals surface area contributed by atoms with Gasteiger partial charge in [-0.15, -0.1) is 0 Å². The Morgan fingerprint density at radius 1 is 1.16 bits per heavy atom. The highest BCUT2D eigenvalue weighted by Gasteiger charge is 2.26. The number of carbonyl (C=O) groups is 3. The van der Waals surface area contributed by atoms with E-state index in [4.69, 9.17) is 33.3 Å². The van der Waals surface area contributed by atoms with Crippen molar-refractivity contribution in [2.45, 2.75) is 0 Å². The number of hydrogen-bond donors (Lipinski definition) is 3. The molecule has 2 aromatic rings. The van der Waals surface area contributed by atoms with Gasteiger partial charge in [-0.25, -0.2) is 4.79 Å². The van der Waals surface area contributed by atoms with Crippen molar-refractivity contribution in [3.8, 4) is 11.3 Å². The van der Waals surface area contributed by atoms with Gasteiger partial charge in [-0.3, -0.25) is 20.2 Å². The summed E-state index contributed by atoms with van der Waals surface area (Å²) in [6, 6.07) is 7.54. The largest absolute Gasteiger partial charge is 0.478 e. The van der Waals surface area contributed by atoms with Crippen molar-refractivity contribution in [1.82, 2.24) is 10.6 Å². The molecule has 2 heterocycles. The number of halogens is 1. The number of benzene rings is 1. The van der Waals surface area contributed by atoms with Gasteiger partial charge in [0.25, 0.3) is 11.8 Å². The second-order valence-electron chi connectivity index (χ2n) is 5.00. The molecule has 1 aromatic carbocycles. The van der Waals surface area contributed by atoms with Gasteiger partial charge in [0.2, 0.25) is 0 Å². The highest BCUT2D eigenvalue weighted by atomic mass is 35.5. The van der Waals surface area contributed by atoms with Gasteiger partial charge < -0.3 is 9.52 Å². The number of hydrogen-bond acceptors (Lipinski definition) is 5. The molecule has 0 saturated carbocycles. The van der Waals surface area contributed by atoms with Crippen molar-refractivity contribution >= 4 is 52.8 Å². The van der Waals surface area contributed by atoms with Crippen LogP contribution in [0.15, 0.2) is 40.3 Å². The number of nitrogens with one attached hydrogen (secondary N) is 2. The lowest BCUT2D eigenvalue weighted by Crippen LogP contribution is -2.51. The number of aromatic carboxylic acids is 1. The Kier molecular flexibility index (Phi) is 4.39. The molecule has 25 heavy (non-hydrogen) atoms. The summed E-state index contributed by atoms with van der Waals surface area (Å²) in [7, 11) is 0. The number of furan rings is 1. The van der Waals surface area contributed by atoms with E-state index < -0.39 is 17.8 Å². The van der Waals surface area contributed by atoms with Crippen molar-refractivity contribution in [2.24, 2.45) is 0 Å². The van der Waals surface area contributed by atoms with E-state index in [9.17, 15) is 14.4 Å². The van der Waals surface area contributed by atoms with Gasteiger partial charge >= 0.3 is 5.97 Å². The average molecular weight is 377 g/mol. The summed E-state index contributed by atoms with van der Waals surface area (Å²) in [5.41, 5.74) is 0.387. The van der Waals surface area contributed by atoms with Gasteiger partial charge in [0.05, 0.1) is 10.6 Å². The summed E-state index contributed by atoms with van der Waals surface area (Å²) in [5, 5.41) is 13.6. The number of carboxylic acids is 1. The van der Waals surface area contributed by atoms with E-state index >= 15 is 0 Å². The number of rotatable bonds is 3. The van der Waals surface area contributed by atoms with Crippen LogP contribution in [0, 0.1) is 0 Å². The minimum absolute atomic E-state index is 0.0224. The van der Waals surface area contributed by atoms with Crippen LogP contribution in [-0.2, 0) is 9.59 Å². The maximum atomic E-state index is 11.8. The van der Waals surface area contributed by atoms with Crippen LogP contribution in [0.25, 0.3) is 17.4 Å². The Morgan fingerprint density at radius 2 is 1.84 bits per heavy atom. The van der Waals surface area contributed by atoms with E-state index in [-0.39, 0.29) is 27.0 Å². The first-order valence-electron chi connectivity index (χ1n) is 6.86. The molecule has 0 bridgehead atoms. The first-order valence-corrected chi connectivity index (χ1v) is 7.65. The van der Waals surface area contributed by atoms with Crippen LogP contribution in [-0.4, -0.2) is 28.0 Å². The third kappa shape index (κ3) is 3.44. The van der Waals surface area contributed by atoms with Crippen LogP contribution >= 0.6 is 23.8 Å². The molecule has 3 N–H and O–H groups in total. The van der Waals surface area contributed by atoms with Crippen LogP contribution < -0.4 is 10.6 Å². The summed E-state index contributed by atoms with van der Waals surface area (Å²) in [4.78, 5) is 34.6. The zero-order valence-electron chi connectivity index (χ0n) is 12.3. The quantitative estimate of drug-likeness (QED) is 0.430. The van der Waals surface area contributed by atoms with Crippen molar-refractivity contribution < 1.29 is 23.9 Å². The van der Waals surface area contributed by atoms with Crippen LogP contribution in [0.5, 0.6) is 0 Å².